The van der Waals surface area contributed by atoms with Crippen molar-refractivity contribution in [2.75, 3.05) is 0 Å². The Morgan fingerprint density at radius 1 is 1.13 bits per heavy atom. The maximum absolute atomic E-state index is 10.3. The molecule has 0 bridgehead atoms. The van der Waals surface area contributed by atoms with Crippen molar-refractivity contribution in [3.8, 4) is 0 Å². The number of rotatable bonds is 5. The second-order valence-corrected chi connectivity index (χ2v) is 2.43. The zero-order valence-corrected chi connectivity index (χ0v) is 8.73. The van der Waals surface area contributed by atoms with Gasteiger partial charge in [-0.15, -0.1) is 0 Å². The first kappa shape index (κ1) is 16.6. The van der Waals surface area contributed by atoms with Gasteiger partial charge in [0.05, 0.1) is 0 Å². The molecule has 0 aromatic heterocycles. The molecule has 0 aliphatic rings. The van der Waals surface area contributed by atoms with Crippen molar-refractivity contribution in [2.24, 2.45) is 0 Å². The van der Waals surface area contributed by atoms with Gasteiger partial charge in [0.2, 0.25) is 0 Å². The Kier molecular flexibility index (Phi) is 8.27. The third kappa shape index (κ3) is 7.15. The number of carboxylic acids is 3. The summed E-state index contributed by atoms with van der Waals surface area (Å²) in [6.45, 7) is 0. The first-order chi connectivity index (χ1) is 6.78. The molecule has 0 fully saturated rings. The Bertz CT molecular complexity index is 238. The third-order valence-electron chi connectivity index (χ3n) is 1.27. The second-order valence-electron chi connectivity index (χ2n) is 2.43. The average Bonchev–Trinajstić information content (AvgIpc) is 2.04. The normalized spacial score (nSPS) is 9.87. The molecule has 0 rings (SSSR count). The fraction of sp³-hybridized carbons (Fsp3) is 0.500. The van der Waals surface area contributed by atoms with E-state index in [1.54, 1.807) is 0 Å². The van der Waals surface area contributed by atoms with E-state index >= 15 is 0 Å². The summed E-state index contributed by atoms with van der Waals surface area (Å²) < 4.78 is 0. The Labute approximate surface area is 96.7 Å². The standard InChI is InChI=1S/C6H8O7.ClH.Cu/c7-3(8)1-6(13,5(11)12)2-4(9)10;;/h13H,1-2H2,(H,7,8)(H,9,10)(H,11,12);1H;/q;;+1/p-3. The van der Waals surface area contributed by atoms with E-state index in [-0.39, 0.29) is 0 Å². The maximum atomic E-state index is 10.3. The van der Waals surface area contributed by atoms with Crippen LogP contribution in [0.25, 0.3) is 0 Å². The van der Waals surface area contributed by atoms with E-state index in [0.29, 0.717) is 0 Å². The zero-order chi connectivity index (χ0) is 12.6. The summed E-state index contributed by atoms with van der Waals surface area (Å²) in [6, 6.07) is 0. The van der Waals surface area contributed by atoms with Crippen molar-refractivity contribution in [3.05, 3.63) is 0 Å². The number of carboxylic acid groups (broad SMARTS) is 3. The number of aliphatic carboxylic acids is 3. The van der Waals surface area contributed by atoms with E-state index in [9.17, 15) is 24.6 Å². The molecule has 9 heteroatoms. The quantitative estimate of drug-likeness (QED) is 0.507. The van der Waals surface area contributed by atoms with Crippen LogP contribution in [0.15, 0.2) is 0 Å². The third-order valence-corrected chi connectivity index (χ3v) is 1.27. The molecule has 0 amide bonds. The molecule has 2 N–H and O–H groups in total. The van der Waals surface area contributed by atoms with Crippen LogP contribution in [-0.2, 0) is 29.5 Å². The van der Waals surface area contributed by atoms with Gasteiger partial charge in [-0.1, -0.05) is 0 Å². The summed E-state index contributed by atoms with van der Waals surface area (Å²) in [7, 11) is 4.20. The Hall–Kier alpha value is -0.821. The molecule has 92 valence electrons. The monoisotopic (exact) mass is 288 g/mol. The van der Waals surface area contributed by atoms with E-state index in [0.717, 1.165) is 0 Å². The van der Waals surface area contributed by atoms with Gasteiger partial charge in [-0.3, -0.25) is 0 Å². The first-order valence-corrected chi connectivity index (χ1v) is 4.54. The molecule has 15 heavy (non-hydrogen) atoms. The molecule has 0 aromatic carbocycles. The predicted molar refractivity (Wildman–Crippen MR) is 37.7 cm³/mol. The fourth-order valence-corrected chi connectivity index (χ4v) is 0.691. The number of carbonyl (C=O) groups excluding carboxylic acids is 2. The molecule has 0 saturated heterocycles. The van der Waals surface area contributed by atoms with E-state index in [1.807, 2.05) is 0 Å². The van der Waals surface area contributed by atoms with Crippen molar-refractivity contribution in [2.45, 2.75) is 18.4 Å². The van der Waals surface area contributed by atoms with E-state index in [1.165, 1.54) is 0 Å². The van der Waals surface area contributed by atoms with Gasteiger partial charge in [0.1, 0.15) is 0 Å². The molecule has 0 heterocycles. The molecule has 0 atom stereocenters. The fourth-order valence-electron chi connectivity index (χ4n) is 0.691. The number of hydrogen-bond acceptors (Lipinski definition) is 6. The van der Waals surface area contributed by atoms with Gasteiger partial charge in [0.15, 0.2) is 5.60 Å². The van der Waals surface area contributed by atoms with Crippen molar-refractivity contribution < 1.29 is 49.9 Å². The van der Waals surface area contributed by atoms with E-state index in [4.69, 9.17) is 10.2 Å². The van der Waals surface area contributed by atoms with Crippen molar-refractivity contribution in [3.63, 3.8) is 0 Å². The molecule has 0 unspecified atom stereocenters. The van der Waals surface area contributed by atoms with Gasteiger partial charge < -0.3 is 30.0 Å². The predicted octanol–water partition coefficient (Wildman–Crippen LogP) is -3.23. The molecule has 0 saturated carbocycles. The van der Waals surface area contributed by atoms with Crippen LogP contribution in [0.2, 0.25) is 0 Å². The van der Waals surface area contributed by atoms with E-state index in [2.05, 4.69) is 25.2 Å². The van der Waals surface area contributed by atoms with Gasteiger partial charge in [-0.2, -0.15) is 0 Å². The first-order valence-electron chi connectivity index (χ1n) is 3.25. The molecular weight excluding hydrogens is 283 g/mol. The topological polar surface area (TPSA) is 138 Å². The Balaban J connectivity index is 0. The minimum absolute atomic E-state index is 1.30. The van der Waals surface area contributed by atoms with Crippen molar-refractivity contribution in [1.29, 1.82) is 0 Å². The van der Waals surface area contributed by atoms with Crippen LogP contribution in [-0.4, -0.2) is 33.7 Å². The summed E-state index contributed by atoms with van der Waals surface area (Å²) in [5.41, 5.74) is -2.86. The van der Waals surface area contributed by atoms with Gasteiger partial charge in [-0.25, -0.2) is 4.79 Å². The van der Waals surface area contributed by atoms with Gasteiger partial charge in [-0.05, 0) is 0 Å². The molecule has 0 spiro atoms. The molecular formula is C6H6ClCuO7-2. The molecule has 0 aliphatic carbocycles. The SMILES string of the molecule is O=C([O-])CC(O)(CC(=O)[O-])C(=O)O.[Cl][Cu]. The summed E-state index contributed by atoms with van der Waals surface area (Å²) in [6.07, 6.45) is -2.59. The molecule has 0 radical (unpaired) electrons. The second kappa shape index (κ2) is 7.47. The Morgan fingerprint density at radius 2 is 1.40 bits per heavy atom. The average molecular weight is 289 g/mol. The van der Waals surface area contributed by atoms with Crippen LogP contribution >= 0.6 is 10.1 Å². The van der Waals surface area contributed by atoms with Gasteiger partial charge >= 0.3 is 31.2 Å². The van der Waals surface area contributed by atoms with Crippen LogP contribution in [0, 0.1) is 0 Å². The van der Waals surface area contributed by atoms with Crippen molar-refractivity contribution in [1.82, 2.24) is 0 Å². The van der Waals surface area contributed by atoms with Gasteiger partial charge in [0, 0.05) is 24.8 Å². The van der Waals surface area contributed by atoms with Crippen LogP contribution in [0.4, 0.5) is 0 Å². The Morgan fingerprint density at radius 3 is 1.53 bits per heavy atom. The van der Waals surface area contributed by atoms with E-state index < -0.39 is 36.4 Å². The molecule has 0 aromatic rings. The van der Waals surface area contributed by atoms with Crippen LogP contribution in [0.3, 0.4) is 0 Å². The summed E-state index contributed by atoms with van der Waals surface area (Å²) in [5.74, 6) is -5.65. The summed E-state index contributed by atoms with van der Waals surface area (Å²) >= 11 is 3.66. The summed E-state index contributed by atoms with van der Waals surface area (Å²) in [4.78, 5) is 30.2. The number of carbonyl (C=O) groups is 3. The van der Waals surface area contributed by atoms with Crippen molar-refractivity contribution >= 4 is 28.0 Å². The van der Waals surface area contributed by atoms with Crippen LogP contribution in [0.1, 0.15) is 12.8 Å². The minimum atomic E-state index is -2.86. The van der Waals surface area contributed by atoms with Crippen LogP contribution < -0.4 is 10.2 Å². The molecule has 7 nitrogen and oxygen atoms in total. The van der Waals surface area contributed by atoms with Gasteiger partial charge in [0.25, 0.3) is 0 Å². The number of hydrogen-bond donors (Lipinski definition) is 2. The molecule has 0 aliphatic heterocycles. The zero-order valence-electron chi connectivity index (χ0n) is 7.03. The number of aliphatic hydroxyl groups is 1. The van der Waals surface area contributed by atoms with Crippen LogP contribution in [0.5, 0.6) is 0 Å². The number of halogens is 1. The summed E-state index contributed by atoms with van der Waals surface area (Å²) in [5, 5.41) is 37.2.